The smallest absolute Gasteiger partial charge is 0.387 e. The molecule has 0 unspecified atom stereocenters. The number of alkyl halides is 2. The maximum atomic E-state index is 13.9. The molecule has 1 aliphatic rings. The molecule has 0 bridgehead atoms. The Balaban J connectivity index is 0.00000280. The fourth-order valence-electron chi connectivity index (χ4n) is 2.49. The van der Waals surface area contributed by atoms with E-state index < -0.39 is 12.4 Å². The summed E-state index contributed by atoms with van der Waals surface area (Å²) in [6.07, 6.45) is 0.784. The molecule has 2 aromatic rings. The van der Waals surface area contributed by atoms with Crippen LogP contribution < -0.4 is 25.3 Å². The van der Waals surface area contributed by atoms with Gasteiger partial charge in [0.2, 0.25) is 0 Å². The Morgan fingerprint density at radius 3 is 2.68 bits per heavy atom. The van der Waals surface area contributed by atoms with Crippen LogP contribution in [0.2, 0.25) is 0 Å². The van der Waals surface area contributed by atoms with Gasteiger partial charge in [-0.05, 0) is 24.3 Å². The molecule has 0 aromatic heterocycles. The standard InChI is InChI=1S/C18H18F3N3O3.HI/c19-13-3-1-4-14(27-17(20)21)12(13)10-23-18(22)24-11-5-6-15-16(9-11)26-8-2-7-25-15;/h1,3-6,9,17H,2,7-8,10H2,(H3,22,23,24);1H. The molecule has 10 heteroatoms. The molecule has 0 spiro atoms. The Morgan fingerprint density at radius 1 is 1.18 bits per heavy atom. The van der Waals surface area contributed by atoms with Crippen molar-refractivity contribution >= 4 is 35.6 Å². The summed E-state index contributed by atoms with van der Waals surface area (Å²) in [5.41, 5.74) is 6.30. The number of guanidine groups is 1. The van der Waals surface area contributed by atoms with E-state index >= 15 is 0 Å². The molecule has 1 heterocycles. The van der Waals surface area contributed by atoms with Crippen molar-refractivity contribution in [3.05, 3.63) is 47.8 Å². The summed E-state index contributed by atoms with van der Waals surface area (Å²) in [7, 11) is 0. The molecular formula is C18H19F3IN3O3. The molecule has 2 aromatic carbocycles. The first-order valence-corrected chi connectivity index (χ1v) is 8.21. The molecule has 28 heavy (non-hydrogen) atoms. The number of aliphatic imine (C=N–C) groups is 1. The van der Waals surface area contributed by atoms with Crippen molar-refractivity contribution in [2.75, 3.05) is 18.5 Å². The van der Waals surface area contributed by atoms with E-state index in [0.29, 0.717) is 30.4 Å². The number of nitrogens with zero attached hydrogens (tertiary/aromatic N) is 1. The minimum absolute atomic E-state index is 0. The van der Waals surface area contributed by atoms with Gasteiger partial charge in [0, 0.05) is 18.2 Å². The highest BCUT2D eigenvalue weighted by Gasteiger charge is 2.14. The number of rotatable bonds is 5. The monoisotopic (exact) mass is 509 g/mol. The molecule has 0 aliphatic carbocycles. The number of anilines is 1. The van der Waals surface area contributed by atoms with E-state index in [-0.39, 0.29) is 47.8 Å². The highest BCUT2D eigenvalue weighted by molar-refractivity contribution is 14.0. The Morgan fingerprint density at radius 2 is 1.93 bits per heavy atom. The SMILES string of the molecule is I.NC(=NCc1c(F)cccc1OC(F)F)Nc1ccc2c(c1)OCCCO2. The maximum absolute atomic E-state index is 13.9. The lowest BCUT2D eigenvalue weighted by atomic mass is 10.2. The van der Waals surface area contributed by atoms with Crippen molar-refractivity contribution in [1.82, 2.24) is 0 Å². The van der Waals surface area contributed by atoms with Crippen LogP contribution in [0.1, 0.15) is 12.0 Å². The van der Waals surface area contributed by atoms with Crippen molar-refractivity contribution in [2.45, 2.75) is 19.6 Å². The molecule has 0 amide bonds. The number of nitrogens with one attached hydrogen (secondary N) is 1. The van der Waals surface area contributed by atoms with Crippen LogP contribution in [-0.2, 0) is 6.54 Å². The zero-order valence-electron chi connectivity index (χ0n) is 14.7. The number of hydrogen-bond acceptors (Lipinski definition) is 4. The predicted molar refractivity (Wildman–Crippen MR) is 109 cm³/mol. The van der Waals surface area contributed by atoms with Crippen LogP contribution in [0.3, 0.4) is 0 Å². The van der Waals surface area contributed by atoms with Gasteiger partial charge in [-0.3, -0.25) is 0 Å². The number of fused-ring (bicyclic) bond motifs is 1. The number of benzene rings is 2. The highest BCUT2D eigenvalue weighted by Crippen LogP contribution is 2.32. The van der Waals surface area contributed by atoms with Crippen molar-refractivity contribution in [3.8, 4) is 17.2 Å². The molecule has 152 valence electrons. The van der Waals surface area contributed by atoms with Crippen molar-refractivity contribution < 1.29 is 27.4 Å². The van der Waals surface area contributed by atoms with Crippen molar-refractivity contribution in [3.63, 3.8) is 0 Å². The average molecular weight is 509 g/mol. The molecule has 6 nitrogen and oxygen atoms in total. The van der Waals surface area contributed by atoms with Gasteiger partial charge in [0.15, 0.2) is 17.5 Å². The van der Waals surface area contributed by atoms with Crippen LogP contribution >= 0.6 is 24.0 Å². The number of halogens is 4. The van der Waals surface area contributed by atoms with Gasteiger partial charge in [-0.1, -0.05) is 6.07 Å². The first-order chi connectivity index (χ1) is 13.0. The first-order valence-electron chi connectivity index (χ1n) is 8.21. The second-order valence-electron chi connectivity index (χ2n) is 5.63. The van der Waals surface area contributed by atoms with Gasteiger partial charge < -0.3 is 25.3 Å². The Bertz CT molecular complexity index is 837. The summed E-state index contributed by atoms with van der Waals surface area (Å²) < 4.78 is 54.3. The van der Waals surface area contributed by atoms with Gasteiger partial charge >= 0.3 is 6.61 Å². The number of ether oxygens (including phenoxy) is 3. The Kier molecular flexibility index (Phi) is 8.03. The Labute approximate surface area is 176 Å². The molecule has 3 rings (SSSR count). The minimum atomic E-state index is -3.06. The van der Waals surface area contributed by atoms with Gasteiger partial charge in [-0.25, -0.2) is 9.38 Å². The summed E-state index contributed by atoms with van der Waals surface area (Å²) in [5.74, 6) is 0.203. The normalized spacial score (nSPS) is 13.5. The summed E-state index contributed by atoms with van der Waals surface area (Å²) in [5, 5.41) is 2.84. The summed E-state index contributed by atoms with van der Waals surface area (Å²) in [6.45, 7) is -2.21. The van der Waals surface area contributed by atoms with E-state index in [0.717, 1.165) is 12.5 Å². The molecule has 3 N–H and O–H groups in total. The third-order valence-corrected chi connectivity index (χ3v) is 3.72. The van der Waals surface area contributed by atoms with Crippen LogP contribution in [0.4, 0.5) is 18.9 Å². The first kappa shape index (κ1) is 21.9. The maximum Gasteiger partial charge on any atom is 0.387 e. The Hall–Kier alpha value is -2.37. The third-order valence-electron chi connectivity index (χ3n) is 3.72. The van der Waals surface area contributed by atoms with Crippen molar-refractivity contribution in [1.29, 1.82) is 0 Å². The largest absolute Gasteiger partial charge is 0.490 e. The molecule has 0 saturated carbocycles. The van der Waals surface area contributed by atoms with Crippen LogP contribution in [0.25, 0.3) is 0 Å². The van der Waals surface area contributed by atoms with Crippen LogP contribution in [0.15, 0.2) is 41.4 Å². The molecule has 0 radical (unpaired) electrons. The highest BCUT2D eigenvalue weighted by atomic mass is 127. The van der Waals surface area contributed by atoms with Gasteiger partial charge in [0.25, 0.3) is 0 Å². The second-order valence-corrected chi connectivity index (χ2v) is 5.63. The van der Waals surface area contributed by atoms with Crippen LogP contribution in [0, 0.1) is 5.82 Å². The number of nitrogens with two attached hydrogens (primary N) is 1. The lowest BCUT2D eigenvalue weighted by Gasteiger charge is -2.12. The van der Waals surface area contributed by atoms with E-state index in [9.17, 15) is 13.2 Å². The quantitative estimate of drug-likeness (QED) is 0.360. The zero-order valence-corrected chi connectivity index (χ0v) is 17.0. The third kappa shape index (κ3) is 5.81. The zero-order chi connectivity index (χ0) is 19.2. The van der Waals surface area contributed by atoms with Gasteiger partial charge in [-0.2, -0.15) is 8.78 Å². The number of hydrogen-bond donors (Lipinski definition) is 2. The molecular weight excluding hydrogens is 490 g/mol. The summed E-state index contributed by atoms with van der Waals surface area (Å²) in [6, 6.07) is 8.83. The van der Waals surface area contributed by atoms with Crippen LogP contribution in [0.5, 0.6) is 17.2 Å². The van der Waals surface area contributed by atoms with E-state index in [4.69, 9.17) is 15.2 Å². The van der Waals surface area contributed by atoms with Crippen LogP contribution in [-0.4, -0.2) is 25.8 Å². The molecule has 0 atom stereocenters. The van der Waals surface area contributed by atoms with E-state index in [2.05, 4.69) is 15.0 Å². The second kappa shape index (κ2) is 10.2. The predicted octanol–water partition coefficient (Wildman–Crippen LogP) is 4.13. The molecule has 1 aliphatic heterocycles. The van der Waals surface area contributed by atoms with Gasteiger partial charge in [-0.15, -0.1) is 24.0 Å². The van der Waals surface area contributed by atoms with Crippen molar-refractivity contribution in [2.24, 2.45) is 10.7 Å². The van der Waals surface area contributed by atoms with E-state index in [1.165, 1.54) is 12.1 Å². The molecule has 0 saturated heterocycles. The lowest BCUT2D eigenvalue weighted by Crippen LogP contribution is -2.22. The average Bonchev–Trinajstić information content (AvgIpc) is 2.85. The van der Waals surface area contributed by atoms with Gasteiger partial charge in [0.05, 0.1) is 25.3 Å². The fraction of sp³-hybridized carbons (Fsp3) is 0.278. The molecule has 0 fully saturated rings. The summed E-state index contributed by atoms with van der Waals surface area (Å²) >= 11 is 0. The van der Waals surface area contributed by atoms with E-state index in [1.807, 2.05) is 0 Å². The van der Waals surface area contributed by atoms with E-state index in [1.54, 1.807) is 18.2 Å². The summed E-state index contributed by atoms with van der Waals surface area (Å²) in [4.78, 5) is 4.00. The lowest BCUT2D eigenvalue weighted by molar-refractivity contribution is -0.0506. The topological polar surface area (TPSA) is 78.1 Å². The minimum Gasteiger partial charge on any atom is -0.490 e. The fourth-order valence-corrected chi connectivity index (χ4v) is 2.49. The van der Waals surface area contributed by atoms with Gasteiger partial charge in [0.1, 0.15) is 11.6 Å².